The molecule has 0 unspecified atom stereocenters. The molecule has 0 spiro atoms. The Bertz CT molecular complexity index is 1070. The SMILES string of the molecule is c1ccc(-c2ccc(-c3[nH]ncc3CN3CCN(c4ccncc4)CC3)cc2)cc1. The highest BCUT2D eigenvalue weighted by molar-refractivity contribution is 5.70. The van der Waals surface area contributed by atoms with Crippen molar-refractivity contribution in [3.8, 4) is 22.4 Å². The average Bonchev–Trinajstić information content (AvgIpc) is 3.29. The summed E-state index contributed by atoms with van der Waals surface area (Å²) in [4.78, 5) is 9.05. The van der Waals surface area contributed by atoms with E-state index >= 15 is 0 Å². The Balaban J connectivity index is 1.26. The molecule has 5 nitrogen and oxygen atoms in total. The number of nitrogens with zero attached hydrogens (tertiary/aromatic N) is 4. The molecule has 2 aromatic heterocycles. The normalized spacial score (nSPS) is 14.7. The fourth-order valence-electron chi connectivity index (χ4n) is 4.10. The van der Waals surface area contributed by atoms with Gasteiger partial charge in [0.1, 0.15) is 0 Å². The molecule has 150 valence electrons. The lowest BCUT2D eigenvalue weighted by Gasteiger charge is -2.36. The monoisotopic (exact) mass is 395 g/mol. The number of nitrogens with one attached hydrogen (secondary N) is 1. The molecule has 3 heterocycles. The fourth-order valence-corrected chi connectivity index (χ4v) is 4.10. The number of rotatable bonds is 5. The molecular formula is C25H25N5. The van der Waals surface area contributed by atoms with Crippen molar-refractivity contribution >= 4 is 5.69 Å². The van der Waals surface area contributed by atoms with Crippen LogP contribution in [-0.2, 0) is 6.54 Å². The van der Waals surface area contributed by atoms with Crippen LogP contribution in [0.4, 0.5) is 5.69 Å². The molecule has 5 rings (SSSR count). The highest BCUT2D eigenvalue weighted by atomic mass is 15.3. The third-order valence-corrected chi connectivity index (χ3v) is 5.79. The summed E-state index contributed by atoms with van der Waals surface area (Å²) >= 11 is 0. The lowest BCUT2D eigenvalue weighted by Crippen LogP contribution is -2.46. The second kappa shape index (κ2) is 8.51. The van der Waals surface area contributed by atoms with E-state index in [1.54, 1.807) is 0 Å². The average molecular weight is 396 g/mol. The summed E-state index contributed by atoms with van der Waals surface area (Å²) in [5, 5.41) is 7.55. The molecule has 2 aromatic carbocycles. The molecule has 30 heavy (non-hydrogen) atoms. The lowest BCUT2D eigenvalue weighted by molar-refractivity contribution is 0.250. The van der Waals surface area contributed by atoms with Crippen LogP contribution in [0, 0.1) is 0 Å². The molecule has 0 aliphatic carbocycles. The molecule has 0 saturated carbocycles. The van der Waals surface area contributed by atoms with Gasteiger partial charge in [0, 0.05) is 56.4 Å². The van der Waals surface area contributed by atoms with Gasteiger partial charge in [0.25, 0.3) is 0 Å². The summed E-state index contributed by atoms with van der Waals surface area (Å²) in [6.45, 7) is 5.06. The Morgan fingerprint density at radius 3 is 2.13 bits per heavy atom. The second-order valence-corrected chi connectivity index (χ2v) is 7.68. The van der Waals surface area contributed by atoms with E-state index in [-0.39, 0.29) is 0 Å². The first-order chi connectivity index (χ1) is 14.9. The number of aromatic amines is 1. The van der Waals surface area contributed by atoms with Crippen molar-refractivity contribution in [2.75, 3.05) is 31.1 Å². The van der Waals surface area contributed by atoms with Gasteiger partial charge in [0.05, 0.1) is 11.9 Å². The number of hydrogen-bond acceptors (Lipinski definition) is 4. The summed E-state index contributed by atoms with van der Waals surface area (Å²) in [5.74, 6) is 0. The minimum Gasteiger partial charge on any atom is -0.369 e. The van der Waals surface area contributed by atoms with Crippen molar-refractivity contribution in [3.63, 3.8) is 0 Å². The summed E-state index contributed by atoms with van der Waals surface area (Å²) in [7, 11) is 0. The molecule has 5 heteroatoms. The van der Waals surface area contributed by atoms with Gasteiger partial charge in [-0.3, -0.25) is 15.0 Å². The molecule has 1 N–H and O–H groups in total. The zero-order valence-electron chi connectivity index (χ0n) is 16.9. The van der Waals surface area contributed by atoms with E-state index in [0.29, 0.717) is 0 Å². The highest BCUT2D eigenvalue weighted by Gasteiger charge is 2.19. The zero-order valence-corrected chi connectivity index (χ0v) is 16.9. The van der Waals surface area contributed by atoms with Crippen LogP contribution in [-0.4, -0.2) is 46.3 Å². The fraction of sp³-hybridized carbons (Fsp3) is 0.200. The second-order valence-electron chi connectivity index (χ2n) is 7.68. The van der Waals surface area contributed by atoms with Crippen molar-refractivity contribution in [1.82, 2.24) is 20.1 Å². The molecular weight excluding hydrogens is 370 g/mol. The number of pyridine rings is 1. The Labute approximate surface area is 177 Å². The van der Waals surface area contributed by atoms with Crippen LogP contribution < -0.4 is 4.90 Å². The van der Waals surface area contributed by atoms with Gasteiger partial charge in [-0.25, -0.2) is 0 Å². The minimum absolute atomic E-state index is 0.913. The van der Waals surface area contributed by atoms with Gasteiger partial charge < -0.3 is 4.90 Å². The largest absolute Gasteiger partial charge is 0.369 e. The Morgan fingerprint density at radius 2 is 1.40 bits per heavy atom. The van der Waals surface area contributed by atoms with Crippen LogP contribution in [0.5, 0.6) is 0 Å². The van der Waals surface area contributed by atoms with Crippen LogP contribution in [0.25, 0.3) is 22.4 Å². The van der Waals surface area contributed by atoms with E-state index in [9.17, 15) is 0 Å². The quantitative estimate of drug-likeness (QED) is 0.542. The molecule has 0 bridgehead atoms. The molecule has 1 fully saturated rings. The third-order valence-electron chi connectivity index (χ3n) is 5.79. The summed E-state index contributed by atoms with van der Waals surface area (Å²) in [6.07, 6.45) is 5.70. The number of H-pyrrole nitrogens is 1. The van der Waals surface area contributed by atoms with Crippen molar-refractivity contribution in [2.45, 2.75) is 6.54 Å². The van der Waals surface area contributed by atoms with Crippen LogP contribution in [0.2, 0.25) is 0 Å². The molecule has 0 amide bonds. The van der Waals surface area contributed by atoms with E-state index in [1.165, 1.54) is 27.9 Å². The van der Waals surface area contributed by atoms with Crippen molar-refractivity contribution in [1.29, 1.82) is 0 Å². The maximum absolute atomic E-state index is 4.34. The number of anilines is 1. The summed E-state index contributed by atoms with van der Waals surface area (Å²) < 4.78 is 0. The first-order valence-corrected chi connectivity index (χ1v) is 10.4. The summed E-state index contributed by atoms with van der Waals surface area (Å²) in [5.41, 5.74) is 7.27. The van der Waals surface area contributed by atoms with E-state index in [0.717, 1.165) is 38.4 Å². The van der Waals surface area contributed by atoms with E-state index < -0.39 is 0 Å². The van der Waals surface area contributed by atoms with Crippen molar-refractivity contribution < 1.29 is 0 Å². The highest BCUT2D eigenvalue weighted by Crippen LogP contribution is 2.27. The van der Waals surface area contributed by atoms with Gasteiger partial charge in [-0.15, -0.1) is 0 Å². The Morgan fingerprint density at radius 1 is 0.733 bits per heavy atom. The van der Waals surface area contributed by atoms with E-state index in [4.69, 9.17) is 0 Å². The lowest BCUT2D eigenvalue weighted by atomic mass is 10.0. The van der Waals surface area contributed by atoms with Crippen LogP contribution in [0.1, 0.15) is 5.56 Å². The topological polar surface area (TPSA) is 48.1 Å². The van der Waals surface area contributed by atoms with Crippen LogP contribution >= 0.6 is 0 Å². The van der Waals surface area contributed by atoms with Gasteiger partial charge in [-0.1, -0.05) is 54.6 Å². The van der Waals surface area contributed by atoms with Gasteiger partial charge in [-0.2, -0.15) is 5.10 Å². The smallest absolute Gasteiger partial charge is 0.0695 e. The molecule has 1 aliphatic rings. The van der Waals surface area contributed by atoms with Crippen molar-refractivity contribution in [3.05, 3.63) is 90.9 Å². The van der Waals surface area contributed by atoms with Gasteiger partial charge in [0.15, 0.2) is 0 Å². The van der Waals surface area contributed by atoms with Gasteiger partial charge in [-0.05, 0) is 28.8 Å². The van der Waals surface area contributed by atoms with Crippen LogP contribution in [0.15, 0.2) is 85.3 Å². The molecule has 1 saturated heterocycles. The molecule has 0 radical (unpaired) electrons. The Kier molecular flexibility index (Phi) is 5.27. The number of aromatic nitrogens is 3. The van der Waals surface area contributed by atoms with Gasteiger partial charge >= 0.3 is 0 Å². The molecule has 4 aromatic rings. The maximum atomic E-state index is 4.34. The standard InChI is InChI=1S/C25H25N5/c1-2-4-20(5-3-1)21-6-8-22(9-7-21)25-23(18-27-28-25)19-29-14-16-30(17-15-29)24-10-12-26-13-11-24/h1-13,18H,14-17,19H2,(H,27,28). The summed E-state index contributed by atoms with van der Waals surface area (Å²) in [6, 6.07) is 23.4. The number of benzene rings is 2. The predicted octanol–water partition coefficient (Wildman–Crippen LogP) is 4.46. The van der Waals surface area contributed by atoms with Gasteiger partial charge in [0.2, 0.25) is 0 Å². The number of hydrogen-bond donors (Lipinski definition) is 1. The maximum Gasteiger partial charge on any atom is 0.0695 e. The third kappa shape index (κ3) is 3.98. The molecule has 0 atom stereocenters. The predicted molar refractivity (Wildman–Crippen MR) is 121 cm³/mol. The van der Waals surface area contributed by atoms with E-state index in [1.807, 2.05) is 24.7 Å². The first kappa shape index (κ1) is 18.6. The Hall–Kier alpha value is -3.44. The van der Waals surface area contributed by atoms with Crippen LogP contribution in [0.3, 0.4) is 0 Å². The van der Waals surface area contributed by atoms with E-state index in [2.05, 4.69) is 85.6 Å². The zero-order chi connectivity index (χ0) is 20.2. The first-order valence-electron chi connectivity index (χ1n) is 10.4. The van der Waals surface area contributed by atoms with Crippen molar-refractivity contribution in [2.24, 2.45) is 0 Å². The minimum atomic E-state index is 0.913. The molecule has 1 aliphatic heterocycles. The number of piperazine rings is 1.